The molecule has 1 nitrogen and oxygen atoms in total. The summed E-state index contributed by atoms with van der Waals surface area (Å²) < 4.78 is 1.16. The van der Waals surface area contributed by atoms with Crippen molar-refractivity contribution in [1.82, 2.24) is 0 Å². The van der Waals surface area contributed by atoms with E-state index in [2.05, 4.69) is 24.4 Å². The van der Waals surface area contributed by atoms with Crippen LogP contribution < -0.4 is 0 Å². The second kappa shape index (κ2) is 4.51. The quantitative estimate of drug-likeness (QED) is 0.688. The Morgan fingerprint density at radius 2 is 1.94 bits per heavy atom. The summed E-state index contributed by atoms with van der Waals surface area (Å²) in [7, 11) is 0. The molecule has 1 aliphatic rings. The van der Waals surface area contributed by atoms with Gasteiger partial charge in [-0.3, -0.25) is 4.79 Å². The van der Waals surface area contributed by atoms with E-state index in [4.69, 9.17) is 0 Å². The lowest BCUT2D eigenvalue weighted by Crippen LogP contribution is -2.30. The number of hydrogen-bond donors (Lipinski definition) is 0. The highest BCUT2D eigenvalue weighted by Gasteiger charge is 2.35. The molecule has 0 N–H and O–H groups in total. The van der Waals surface area contributed by atoms with Gasteiger partial charge in [-0.25, -0.2) is 0 Å². The zero-order chi connectivity index (χ0) is 12.6. The fourth-order valence-electron chi connectivity index (χ4n) is 3.06. The maximum absolute atomic E-state index is 12.8. The first-order valence-corrected chi connectivity index (χ1v) is 7.60. The molecule has 1 aromatic carbocycles. The number of ketones is 1. The van der Waals surface area contributed by atoms with Gasteiger partial charge in [-0.15, -0.1) is 11.3 Å². The molecule has 0 radical (unpaired) electrons. The molecule has 0 amide bonds. The summed E-state index contributed by atoms with van der Waals surface area (Å²) in [6.45, 7) is 2.15. The van der Waals surface area contributed by atoms with Crippen LogP contribution in [0.4, 0.5) is 0 Å². The van der Waals surface area contributed by atoms with Crippen LogP contribution in [-0.4, -0.2) is 5.78 Å². The lowest BCUT2D eigenvalue weighted by atomic mass is 9.71. The SMILES string of the molecule is CC1(C(=O)c2cccc3ccsc23)CCCCC1. The molecule has 0 unspecified atom stereocenters. The van der Waals surface area contributed by atoms with E-state index in [0.29, 0.717) is 5.78 Å². The highest BCUT2D eigenvalue weighted by molar-refractivity contribution is 7.17. The monoisotopic (exact) mass is 258 g/mol. The summed E-state index contributed by atoms with van der Waals surface area (Å²) in [5.74, 6) is 0.357. The van der Waals surface area contributed by atoms with Crippen molar-refractivity contribution < 1.29 is 4.79 Å². The Morgan fingerprint density at radius 1 is 1.17 bits per heavy atom. The largest absolute Gasteiger partial charge is 0.294 e. The highest BCUT2D eigenvalue weighted by atomic mass is 32.1. The van der Waals surface area contributed by atoms with Crippen LogP contribution in [0.15, 0.2) is 29.6 Å². The smallest absolute Gasteiger partial charge is 0.170 e. The molecule has 0 aliphatic heterocycles. The number of Topliss-reactive ketones (excluding diaryl/α,β-unsaturated/α-hetero) is 1. The van der Waals surface area contributed by atoms with E-state index in [0.717, 1.165) is 23.1 Å². The molecule has 2 heteroatoms. The van der Waals surface area contributed by atoms with Gasteiger partial charge >= 0.3 is 0 Å². The maximum atomic E-state index is 12.8. The van der Waals surface area contributed by atoms with Gasteiger partial charge in [0.1, 0.15) is 0 Å². The molecule has 0 bridgehead atoms. The van der Waals surface area contributed by atoms with Crippen molar-refractivity contribution >= 4 is 27.2 Å². The second-order valence-electron chi connectivity index (χ2n) is 5.59. The van der Waals surface area contributed by atoms with Crippen molar-refractivity contribution in [3.63, 3.8) is 0 Å². The molecule has 1 aliphatic carbocycles. The first-order valence-electron chi connectivity index (χ1n) is 6.72. The average Bonchev–Trinajstić information content (AvgIpc) is 2.87. The van der Waals surface area contributed by atoms with Crippen molar-refractivity contribution in [2.75, 3.05) is 0 Å². The number of benzene rings is 1. The third kappa shape index (κ3) is 1.89. The van der Waals surface area contributed by atoms with E-state index in [1.54, 1.807) is 11.3 Å². The number of fused-ring (bicyclic) bond motifs is 1. The Bertz CT molecular complexity index is 576. The third-order valence-corrected chi connectivity index (χ3v) is 5.19. The van der Waals surface area contributed by atoms with Crippen molar-refractivity contribution in [1.29, 1.82) is 0 Å². The number of thiophene rings is 1. The number of carbonyl (C=O) groups excluding carboxylic acids is 1. The zero-order valence-electron chi connectivity index (χ0n) is 10.7. The van der Waals surface area contributed by atoms with Gasteiger partial charge in [0.25, 0.3) is 0 Å². The van der Waals surface area contributed by atoms with Crippen LogP contribution in [0.3, 0.4) is 0 Å². The summed E-state index contributed by atoms with van der Waals surface area (Å²) in [5, 5.41) is 3.27. The molecule has 1 aromatic heterocycles. The number of rotatable bonds is 2. The van der Waals surface area contributed by atoms with Crippen LogP contribution in [-0.2, 0) is 0 Å². The number of carbonyl (C=O) groups is 1. The topological polar surface area (TPSA) is 17.1 Å². The molecule has 1 fully saturated rings. The van der Waals surface area contributed by atoms with Crippen LogP contribution in [0.2, 0.25) is 0 Å². The van der Waals surface area contributed by atoms with Gasteiger partial charge in [0.2, 0.25) is 0 Å². The van der Waals surface area contributed by atoms with Crippen molar-refractivity contribution in [2.45, 2.75) is 39.0 Å². The summed E-state index contributed by atoms with van der Waals surface area (Å²) in [6, 6.07) is 8.20. The molecule has 1 saturated carbocycles. The Morgan fingerprint density at radius 3 is 2.72 bits per heavy atom. The van der Waals surface area contributed by atoms with Gasteiger partial charge in [-0.1, -0.05) is 38.3 Å². The van der Waals surface area contributed by atoms with E-state index in [-0.39, 0.29) is 5.41 Å². The normalized spacial score (nSPS) is 18.9. The third-order valence-electron chi connectivity index (χ3n) is 4.23. The Balaban J connectivity index is 2.03. The Kier molecular flexibility index (Phi) is 2.98. The molecule has 3 rings (SSSR count). The molecular formula is C16H18OS. The minimum absolute atomic E-state index is 0.128. The predicted octanol–water partition coefficient (Wildman–Crippen LogP) is 5.05. The molecular weight excluding hydrogens is 240 g/mol. The van der Waals surface area contributed by atoms with Crippen LogP contribution in [0, 0.1) is 5.41 Å². The fourth-order valence-corrected chi connectivity index (χ4v) is 3.97. The molecule has 0 spiro atoms. The molecule has 18 heavy (non-hydrogen) atoms. The summed E-state index contributed by atoms with van der Waals surface area (Å²) >= 11 is 1.68. The minimum atomic E-state index is -0.128. The van der Waals surface area contributed by atoms with Crippen LogP contribution in [0.5, 0.6) is 0 Å². The predicted molar refractivity (Wildman–Crippen MR) is 77.3 cm³/mol. The molecule has 0 atom stereocenters. The maximum Gasteiger partial charge on any atom is 0.170 e. The van der Waals surface area contributed by atoms with E-state index in [9.17, 15) is 4.79 Å². The van der Waals surface area contributed by atoms with Gasteiger partial charge in [0, 0.05) is 15.7 Å². The van der Waals surface area contributed by atoms with Crippen molar-refractivity contribution in [2.24, 2.45) is 5.41 Å². The molecule has 94 valence electrons. The first-order chi connectivity index (χ1) is 8.71. The van der Waals surface area contributed by atoms with Crippen molar-refractivity contribution in [3.8, 4) is 0 Å². The lowest BCUT2D eigenvalue weighted by molar-refractivity contribution is 0.0751. The van der Waals surface area contributed by atoms with E-state index in [1.807, 2.05) is 12.1 Å². The van der Waals surface area contributed by atoms with Crippen LogP contribution in [0.1, 0.15) is 49.4 Å². The molecule has 0 saturated heterocycles. The van der Waals surface area contributed by atoms with E-state index in [1.165, 1.54) is 24.6 Å². The van der Waals surface area contributed by atoms with E-state index >= 15 is 0 Å². The number of hydrogen-bond acceptors (Lipinski definition) is 2. The van der Waals surface area contributed by atoms with Gasteiger partial charge in [0.15, 0.2) is 5.78 Å². The minimum Gasteiger partial charge on any atom is -0.294 e. The summed E-state index contributed by atoms with van der Waals surface area (Å²) in [4.78, 5) is 12.8. The van der Waals surface area contributed by atoms with E-state index < -0.39 is 0 Å². The Hall–Kier alpha value is -1.15. The second-order valence-corrected chi connectivity index (χ2v) is 6.51. The highest BCUT2D eigenvalue weighted by Crippen LogP contribution is 2.40. The van der Waals surface area contributed by atoms with Gasteiger partial charge in [-0.05, 0) is 35.7 Å². The Labute approximate surface area is 112 Å². The van der Waals surface area contributed by atoms with Gasteiger partial charge in [0.05, 0.1) is 0 Å². The molecule has 1 heterocycles. The summed E-state index contributed by atoms with van der Waals surface area (Å²) in [6.07, 6.45) is 5.78. The van der Waals surface area contributed by atoms with Crippen molar-refractivity contribution in [3.05, 3.63) is 35.2 Å². The summed E-state index contributed by atoms with van der Waals surface area (Å²) in [5.41, 5.74) is 0.808. The first kappa shape index (κ1) is 11.9. The molecule has 2 aromatic rings. The lowest BCUT2D eigenvalue weighted by Gasteiger charge is -2.32. The average molecular weight is 258 g/mol. The van der Waals surface area contributed by atoms with Crippen LogP contribution in [0.25, 0.3) is 10.1 Å². The van der Waals surface area contributed by atoms with Gasteiger partial charge in [-0.2, -0.15) is 0 Å². The van der Waals surface area contributed by atoms with Crippen LogP contribution >= 0.6 is 11.3 Å². The van der Waals surface area contributed by atoms with Gasteiger partial charge < -0.3 is 0 Å². The standard InChI is InChI=1S/C16H18OS/c1-16(9-3-2-4-10-16)15(17)13-7-5-6-12-8-11-18-14(12)13/h5-8,11H,2-4,9-10H2,1H3. The zero-order valence-corrected chi connectivity index (χ0v) is 11.6. The fraction of sp³-hybridized carbons (Fsp3) is 0.438.